The first-order valence-corrected chi connectivity index (χ1v) is 5.74. The number of aliphatic carboxylic acids is 1. The highest BCUT2D eigenvalue weighted by atomic mass is 32.2. The third-order valence-corrected chi connectivity index (χ3v) is 2.20. The average Bonchev–Trinajstić information content (AvgIpc) is 2.38. The molecule has 1 heterocycles. The Kier molecular flexibility index (Phi) is 6.04. The first-order chi connectivity index (χ1) is 8.70. The molecule has 0 aliphatic carbocycles. The maximum atomic E-state index is 11.5. The van der Waals surface area contributed by atoms with Crippen LogP contribution in [0.25, 0.3) is 0 Å². The number of hydrogen-bond donors (Lipinski definition) is 4. The van der Waals surface area contributed by atoms with Crippen LogP contribution in [0.15, 0.2) is 29.6 Å². The maximum Gasteiger partial charge on any atom is 0.315 e. The molecule has 0 atom stereocenters. The standard InChI is InChI=1S/C9H11N5O3S/c15-8(16)5-18-14-12-6-11-13-9(17)7-1-3-10-4-2-7/h1-4,6,14H,5H2,(H,11,12)(H,13,17)(H,15,16). The van der Waals surface area contributed by atoms with Gasteiger partial charge in [0.15, 0.2) is 0 Å². The zero-order chi connectivity index (χ0) is 13.2. The van der Waals surface area contributed by atoms with Crippen LogP contribution in [0.2, 0.25) is 0 Å². The van der Waals surface area contributed by atoms with Crippen LogP contribution in [-0.4, -0.2) is 34.1 Å². The fourth-order valence-corrected chi connectivity index (χ4v) is 1.18. The van der Waals surface area contributed by atoms with E-state index in [9.17, 15) is 9.59 Å². The van der Waals surface area contributed by atoms with E-state index in [0.29, 0.717) is 5.56 Å². The Morgan fingerprint density at radius 3 is 2.83 bits per heavy atom. The number of amides is 1. The molecule has 0 saturated carbocycles. The van der Waals surface area contributed by atoms with Crippen molar-refractivity contribution in [1.82, 2.24) is 20.7 Å². The van der Waals surface area contributed by atoms with Gasteiger partial charge in [-0.05, 0) is 24.1 Å². The second-order valence-electron chi connectivity index (χ2n) is 2.87. The topological polar surface area (TPSA) is 116 Å². The van der Waals surface area contributed by atoms with Gasteiger partial charge >= 0.3 is 5.97 Å². The summed E-state index contributed by atoms with van der Waals surface area (Å²) in [4.78, 5) is 27.8. The van der Waals surface area contributed by atoms with Crippen LogP contribution in [0.1, 0.15) is 10.4 Å². The third-order valence-electron chi connectivity index (χ3n) is 1.57. The number of carbonyl (C=O) groups is 2. The van der Waals surface area contributed by atoms with E-state index in [1.54, 1.807) is 12.1 Å². The van der Waals surface area contributed by atoms with E-state index in [4.69, 9.17) is 5.11 Å². The van der Waals surface area contributed by atoms with E-state index in [1.807, 2.05) is 0 Å². The Hall–Kier alpha value is -2.29. The minimum Gasteiger partial charge on any atom is -0.481 e. The van der Waals surface area contributed by atoms with E-state index in [2.05, 4.69) is 25.8 Å². The number of hydrazine groups is 1. The highest BCUT2D eigenvalue weighted by Crippen LogP contribution is 1.94. The molecule has 0 aliphatic rings. The number of nitrogens with zero attached hydrogens (tertiary/aromatic N) is 2. The summed E-state index contributed by atoms with van der Waals surface area (Å²) in [6.45, 7) is 0. The van der Waals surface area contributed by atoms with Crippen LogP contribution in [0.4, 0.5) is 0 Å². The maximum absolute atomic E-state index is 11.5. The van der Waals surface area contributed by atoms with Crippen molar-refractivity contribution >= 4 is 30.2 Å². The molecule has 0 unspecified atom stereocenters. The Morgan fingerprint density at radius 1 is 1.44 bits per heavy atom. The van der Waals surface area contributed by atoms with Crippen LogP contribution >= 0.6 is 11.9 Å². The molecule has 1 amide bonds. The Bertz CT molecular complexity index is 425. The summed E-state index contributed by atoms with van der Waals surface area (Å²) in [5.74, 6) is -1.38. The SMILES string of the molecule is O=C(O)CSN/N=C/NNC(=O)c1ccncc1. The fourth-order valence-electron chi connectivity index (χ4n) is 0.863. The number of pyridine rings is 1. The minimum atomic E-state index is -0.943. The molecule has 1 rings (SSSR count). The summed E-state index contributed by atoms with van der Waals surface area (Å²) in [5.41, 5.74) is 5.26. The predicted molar refractivity (Wildman–Crippen MR) is 66.6 cm³/mol. The number of carboxylic acid groups (broad SMARTS) is 1. The molecule has 4 N–H and O–H groups in total. The second-order valence-corrected chi connectivity index (χ2v) is 3.63. The lowest BCUT2D eigenvalue weighted by atomic mass is 10.3. The van der Waals surface area contributed by atoms with Gasteiger partial charge in [-0.2, -0.15) is 5.10 Å². The number of carbonyl (C=O) groups excluding carboxylic acids is 1. The molecule has 0 saturated heterocycles. The highest BCUT2D eigenvalue weighted by molar-refractivity contribution is 7.98. The smallest absolute Gasteiger partial charge is 0.315 e. The lowest BCUT2D eigenvalue weighted by Gasteiger charge is -2.03. The van der Waals surface area contributed by atoms with Crippen LogP contribution < -0.4 is 15.7 Å². The number of rotatable bonds is 7. The monoisotopic (exact) mass is 269 g/mol. The van der Waals surface area contributed by atoms with Crippen molar-refractivity contribution in [2.45, 2.75) is 0 Å². The number of carboxylic acids is 1. The van der Waals surface area contributed by atoms with Gasteiger partial charge in [0.25, 0.3) is 5.91 Å². The molecular formula is C9H11N5O3S. The molecule has 1 aromatic heterocycles. The van der Waals surface area contributed by atoms with Crippen molar-refractivity contribution in [2.24, 2.45) is 5.10 Å². The lowest BCUT2D eigenvalue weighted by Crippen LogP contribution is -2.36. The van der Waals surface area contributed by atoms with Crippen molar-refractivity contribution in [3.63, 3.8) is 0 Å². The molecule has 8 nitrogen and oxygen atoms in total. The van der Waals surface area contributed by atoms with Crippen LogP contribution in [-0.2, 0) is 4.79 Å². The van der Waals surface area contributed by atoms with Crippen molar-refractivity contribution in [2.75, 3.05) is 5.75 Å². The van der Waals surface area contributed by atoms with Gasteiger partial charge in [0, 0.05) is 18.0 Å². The zero-order valence-corrected chi connectivity index (χ0v) is 9.98. The Labute approximate surface area is 107 Å². The van der Waals surface area contributed by atoms with Gasteiger partial charge in [0.1, 0.15) is 12.1 Å². The molecule has 0 aliphatic heterocycles. The van der Waals surface area contributed by atoms with E-state index >= 15 is 0 Å². The van der Waals surface area contributed by atoms with Crippen LogP contribution in [0, 0.1) is 0 Å². The van der Waals surface area contributed by atoms with Gasteiger partial charge in [0.05, 0.1) is 0 Å². The summed E-state index contributed by atoms with van der Waals surface area (Å²) in [7, 11) is 0. The first kappa shape index (κ1) is 13.8. The summed E-state index contributed by atoms with van der Waals surface area (Å²) in [6.07, 6.45) is 4.20. The normalized spacial score (nSPS) is 10.0. The van der Waals surface area contributed by atoms with Crippen molar-refractivity contribution < 1.29 is 14.7 Å². The average molecular weight is 269 g/mol. The van der Waals surface area contributed by atoms with Crippen molar-refractivity contribution in [3.05, 3.63) is 30.1 Å². The van der Waals surface area contributed by atoms with E-state index in [-0.39, 0.29) is 11.7 Å². The lowest BCUT2D eigenvalue weighted by molar-refractivity contribution is -0.133. The van der Waals surface area contributed by atoms with Gasteiger partial charge in [-0.15, -0.1) is 0 Å². The second kappa shape index (κ2) is 7.90. The Balaban J connectivity index is 2.16. The molecular weight excluding hydrogens is 258 g/mol. The quantitative estimate of drug-likeness (QED) is 0.175. The number of aromatic nitrogens is 1. The predicted octanol–water partition coefficient (Wildman–Crippen LogP) is -0.418. The summed E-state index contributed by atoms with van der Waals surface area (Å²) in [5, 5.41) is 11.9. The van der Waals surface area contributed by atoms with Gasteiger partial charge in [-0.1, -0.05) is 0 Å². The fraction of sp³-hybridized carbons (Fsp3) is 0.111. The molecule has 1 aromatic rings. The van der Waals surface area contributed by atoms with Gasteiger partial charge in [-0.3, -0.25) is 25.4 Å². The van der Waals surface area contributed by atoms with Crippen LogP contribution in [0.5, 0.6) is 0 Å². The number of hydrazone groups is 1. The molecule has 0 fully saturated rings. The largest absolute Gasteiger partial charge is 0.481 e. The summed E-state index contributed by atoms with van der Waals surface area (Å²) >= 11 is 0.908. The molecule has 96 valence electrons. The summed E-state index contributed by atoms with van der Waals surface area (Å²) in [6, 6.07) is 3.13. The van der Waals surface area contributed by atoms with Crippen LogP contribution in [0.3, 0.4) is 0 Å². The van der Waals surface area contributed by atoms with E-state index < -0.39 is 5.97 Å². The minimum absolute atomic E-state index is 0.110. The Morgan fingerprint density at radius 2 is 2.17 bits per heavy atom. The van der Waals surface area contributed by atoms with Gasteiger partial charge in [-0.25, -0.2) is 4.83 Å². The third kappa shape index (κ3) is 5.70. The summed E-state index contributed by atoms with van der Waals surface area (Å²) < 4.78 is 0. The number of nitrogens with one attached hydrogen (secondary N) is 3. The molecule has 0 bridgehead atoms. The van der Waals surface area contributed by atoms with Crippen molar-refractivity contribution in [3.8, 4) is 0 Å². The van der Waals surface area contributed by atoms with Gasteiger partial charge < -0.3 is 5.11 Å². The molecule has 0 spiro atoms. The zero-order valence-electron chi connectivity index (χ0n) is 9.16. The van der Waals surface area contributed by atoms with E-state index in [1.165, 1.54) is 18.7 Å². The van der Waals surface area contributed by atoms with E-state index in [0.717, 1.165) is 11.9 Å². The van der Waals surface area contributed by atoms with Crippen molar-refractivity contribution in [1.29, 1.82) is 0 Å². The first-order valence-electron chi connectivity index (χ1n) is 4.76. The molecule has 0 aromatic carbocycles. The van der Waals surface area contributed by atoms with Gasteiger partial charge in [0.2, 0.25) is 0 Å². The highest BCUT2D eigenvalue weighted by Gasteiger charge is 2.01. The molecule has 9 heteroatoms. The molecule has 18 heavy (non-hydrogen) atoms. The molecule has 0 radical (unpaired) electrons. The number of hydrogen-bond acceptors (Lipinski definition) is 6.